The van der Waals surface area contributed by atoms with Crippen molar-refractivity contribution in [3.63, 3.8) is 0 Å². The molecule has 1 fully saturated rings. The van der Waals surface area contributed by atoms with Crippen LogP contribution < -0.4 is 4.90 Å². The number of aromatic amines is 1. The molecule has 0 bridgehead atoms. The summed E-state index contributed by atoms with van der Waals surface area (Å²) in [6.07, 6.45) is 11.3. The first-order valence-electron chi connectivity index (χ1n) is 12.3. The summed E-state index contributed by atoms with van der Waals surface area (Å²) in [5.74, 6) is 2.19. The first-order valence-corrected chi connectivity index (χ1v) is 12.3. The number of imidazole rings is 1. The Morgan fingerprint density at radius 2 is 1.79 bits per heavy atom. The van der Waals surface area contributed by atoms with Gasteiger partial charge in [-0.25, -0.2) is 4.98 Å². The summed E-state index contributed by atoms with van der Waals surface area (Å²) in [5, 5.41) is 8.84. The molecule has 0 spiro atoms. The molecule has 1 unspecified atom stereocenters. The van der Waals surface area contributed by atoms with Crippen molar-refractivity contribution >= 4 is 23.9 Å². The second-order valence-corrected chi connectivity index (χ2v) is 8.69. The van der Waals surface area contributed by atoms with Crippen molar-refractivity contribution in [3.05, 3.63) is 58.9 Å². The molecule has 0 radical (unpaired) electrons. The maximum absolute atomic E-state index is 8.84. The number of nitriles is 1. The van der Waals surface area contributed by atoms with Gasteiger partial charge in [0.1, 0.15) is 5.84 Å². The van der Waals surface area contributed by atoms with Gasteiger partial charge in [0.2, 0.25) is 12.1 Å². The average Bonchev–Trinajstić information content (AvgIpc) is 3.12. The Hall–Kier alpha value is -3.33. The monoisotopic (exact) mass is 462 g/mol. The summed E-state index contributed by atoms with van der Waals surface area (Å²) < 4.78 is 0. The smallest absolute Gasteiger partial charge is 0.207 e. The molecule has 1 saturated heterocycles. The number of aryl methyl sites for hydroxylation is 2. The predicted molar refractivity (Wildman–Crippen MR) is 147 cm³/mol. The van der Waals surface area contributed by atoms with Crippen molar-refractivity contribution in [2.24, 2.45) is 10.9 Å². The Morgan fingerprint density at radius 1 is 1.15 bits per heavy atom. The van der Waals surface area contributed by atoms with Crippen molar-refractivity contribution in [2.75, 3.05) is 24.5 Å². The zero-order valence-corrected chi connectivity index (χ0v) is 21.8. The molecule has 6 nitrogen and oxygen atoms in total. The maximum atomic E-state index is 8.84. The van der Waals surface area contributed by atoms with Crippen molar-refractivity contribution < 1.29 is 1.43 Å². The van der Waals surface area contributed by atoms with Crippen LogP contribution in [0.25, 0.3) is 12.2 Å². The van der Waals surface area contributed by atoms with Crippen LogP contribution in [0.15, 0.2) is 41.4 Å². The Kier molecular flexibility index (Phi) is 10.6. The SMILES string of the molecule is CC.CC(=NC#N)N1CCN(c2nc3c([nH]2)C=CCC=C3)CC1C(C)C.Cc1ccccc1C.[HH]. The second kappa shape index (κ2) is 13.4. The number of H-pyrrole nitrogens is 1. The van der Waals surface area contributed by atoms with Crippen LogP contribution in [0.1, 0.15) is 65.0 Å². The highest BCUT2D eigenvalue weighted by Crippen LogP contribution is 2.24. The Bertz CT molecular complexity index is 993. The van der Waals surface area contributed by atoms with E-state index in [1.165, 1.54) is 11.1 Å². The summed E-state index contributed by atoms with van der Waals surface area (Å²) in [6.45, 7) is 17.2. The van der Waals surface area contributed by atoms with E-state index in [2.05, 4.69) is 96.0 Å². The van der Waals surface area contributed by atoms with Crippen LogP contribution in [-0.2, 0) is 0 Å². The number of nitrogens with zero attached hydrogens (tertiary/aromatic N) is 5. The van der Waals surface area contributed by atoms with Crippen molar-refractivity contribution in [1.29, 1.82) is 5.26 Å². The fraction of sp³-hybridized carbons (Fsp3) is 0.464. The molecule has 1 aliphatic carbocycles. The van der Waals surface area contributed by atoms with E-state index in [4.69, 9.17) is 10.2 Å². The molecule has 1 atom stereocenters. The molecule has 1 aromatic heterocycles. The van der Waals surface area contributed by atoms with Gasteiger partial charge in [-0.2, -0.15) is 10.3 Å². The van der Waals surface area contributed by atoms with Crippen molar-refractivity contribution in [2.45, 2.75) is 60.9 Å². The number of aliphatic imine (C=N–C) groups is 1. The molecule has 0 saturated carbocycles. The third-order valence-electron chi connectivity index (χ3n) is 6.12. The van der Waals surface area contributed by atoms with E-state index in [0.29, 0.717) is 12.0 Å². The molecule has 1 aliphatic heterocycles. The molecule has 0 amide bonds. The molecular weight excluding hydrogens is 420 g/mol. The minimum absolute atomic E-state index is 0. The summed E-state index contributed by atoms with van der Waals surface area (Å²) in [6, 6.07) is 8.67. The number of rotatable bonds is 2. The molecule has 184 valence electrons. The highest BCUT2D eigenvalue weighted by Gasteiger charge is 2.31. The lowest BCUT2D eigenvalue weighted by Crippen LogP contribution is -2.57. The van der Waals surface area contributed by atoms with Crippen LogP contribution in [0.5, 0.6) is 0 Å². The number of hydrogen-bond acceptors (Lipinski definition) is 4. The van der Waals surface area contributed by atoms with Crippen LogP contribution in [-0.4, -0.2) is 46.4 Å². The lowest BCUT2D eigenvalue weighted by Gasteiger charge is -2.44. The van der Waals surface area contributed by atoms with E-state index < -0.39 is 0 Å². The van der Waals surface area contributed by atoms with Crippen molar-refractivity contribution in [3.8, 4) is 6.19 Å². The van der Waals surface area contributed by atoms with E-state index in [9.17, 15) is 0 Å². The van der Waals surface area contributed by atoms with E-state index in [1.54, 1.807) is 0 Å². The third kappa shape index (κ3) is 7.08. The zero-order chi connectivity index (χ0) is 25.1. The van der Waals surface area contributed by atoms with Gasteiger partial charge in [-0.05, 0) is 56.4 Å². The number of amidine groups is 1. The maximum Gasteiger partial charge on any atom is 0.207 e. The average molecular weight is 463 g/mol. The standard InChI is InChI=1S/C18H24N6.C8H10.C2H6.H2/c1-13(2)17-11-23(9-10-24(17)14(3)20-12-19)18-21-15-7-5-4-6-8-16(15)22-18;1-7-5-3-4-6-8(7)2;1-2;/h5-8,13,17H,4,9-11H2,1-3H3,(H,21,22);3-6H,1-2H3;1-2H3;1H. The van der Waals surface area contributed by atoms with Crippen LogP contribution >= 0.6 is 0 Å². The fourth-order valence-electron chi connectivity index (χ4n) is 4.01. The fourth-order valence-corrected chi connectivity index (χ4v) is 4.01. The number of hydrogen-bond donors (Lipinski definition) is 1. The Labute approximate surface area is 207 Å². The van der Waals surface area contributed by atoms with Crippen LogP contribution in [0.4, 0.5) is 5.95 Å². The Balaban J connectivity index is 0.000000471. The highest BCUT2D eigenvalue weighted by molar-refractivity contribution is 5.81. The lowest BCUT2D eigenvalue weighted by atomic mass is 9.99. The number of benzene rings is 1. The van der Waals surface area contributed by atoms with Gasteiger partial charge in [-0.3, -0.25) is 0 Å². The number of anilines is 1. The first-order chi connectivity index (χ1) is 16.4. The number of allylic oxidation sites excluding steroid dienone is 2. The third-order valence-corrected chi connectivity index (χ3v) is 6.12. The zero-order valence-electron chi connectivity index (χ0n) is 21.8. The molecule has 2 aliphatic rings. The molecule has 1 N–H and O–H groups in total. The quantitative estimate of drug-likeness (QED) is 0.316. The number of aromatic nitrogens is 2. The van der Waals surface area contributed by atoms with E-state index in [0.717, 1.165) is 49.2 Å². The summed E-state index contributed by atoms with van der Waals surface area (Å²) in [7, 11) is 0. The minimum Gasteiger partial charge on any atom is -0.353 e. The molecule has 1 aromatic carbocycles. The van der Waals surface area contributed by atoms with E-state index in [-0.39, 0.29) is 1.43 Å². The van der Waals surface area contributed by atoms with Gasteiger partial charge in [0.25, 0.3) is 0 Å². The topological polar surface area (TPSA) is 71.3 Å². The van der Waals surface area contributed by atoms with Gasteiger partial charge in [-0.15, -0.1) is 0 Å². The largest absolute Gasteiger partial charge is 0.353 e. The highest BCUT2D eigenvalue weighted by atomic mass is 15.4. The second-order valence-electron chi connectivity index (χ2n) is 8.69. The molecular formula is C28H42N6. The van der Waals surface area contributed by atoms with E-state index >= 15 is 0 Å². The normalized spacial score (nSPS) is 17.1. The number of nitrogens with one attached hydrogen (secondary N) is 1. The van der Waals surface area contributed by atoms with Gasteiger partial charge in [0.15, 0.2) is 0 Å². The first kappa shape index (κ1) is 26.9. The van der Waals surface area contributed by atoms with Crippen LogP contribution in [0.3, 0.4) is 0 Å². The van der Waals surface area contributed by atoms with Gasteiger partial charge in [-0.1, -0.05) is 64.1 Å². The van der Waals surface area contributed by atoms with Gasteiger partial charge in [0, 0.05) is 21.1 Å². The van der Waals surface area contributed by atoms with Crippen LogP contribution in [0, 0.1) is 31.2 Å². The molecule has 2 heterocycles. The molecule has 2 aromatic rings. The molecule has 4 rings (SSSR count). The molecule has 34 heavy (non-hydrogen) atoms. The summed E-state index contributed by atoms with van der Waals surface area (Å²) in [5.41, 5.74) is 4.81. The van der Waals surface area contributed by atoms with Gasteiger partial charge >= 0.3 is 0 Å². The lowest BCUT2D eigenvalue weighted by molar-refractivity contribution is 0.222. The van der Waals surface area contributed by atoms with E-state index in [1.807, 2.05) is 27.0 Å². The van der Waals surface area contributed by atoms with Crippen LogP contribution in [0.2, 0.25) is 0 Å². The molecule has 6 heteroatoms. The van der Waals surface area contributed by atoms with Gasteiger partial charge in [0.05, 0.1) is 17.4 Å². The van der Waals surface area contributed by atoms with Gasteiger partial charge < -0.3 is 14.8 Å². The minimum atomic E-state index is 0. The Morgan fingerprint density at radius 3 is 2.38 bits per heavy atom. The predicted octanol–water partition coefficient (Wildman–Crippen LogP) is 6.46. The summed E-state index contributed by atoms with van der Waals surface area (Å²) in [4.78, 5) is 16.7. The number of piperazine rings is 1. The van der Waals surface area contributed by atoms with Crippen molar-refractivity contribution in [1.82, 2.24) is 14.9 Å². The summed E-state index contributed by atoms with van der Waals surface area (Å²) >= 11 is 0. The number of fused-ring (bicyclic) bond motifs is 1.